The molecule has 2 heterocycles. The van der Waals surface area contributed by atoms with Gasteiger partial charge in [-0.15, -0.1) is 11.3 Å². The van der Waals surface area contributed by atoms with Crippen LogP contribution in [0.5, 0.6) is 0 Å². The Morgan fingerprint density at radius 3 is 2.80 bits per heavy atom. The summed E-state index contributed by atoms with van der Waals surface area (Å²) in [6, 6.07) is 4.14. The van der Waals surface area contributed by atoms with E-state index in [0.29, 0.717) is 5.13 Å². The Morgan fingerprint density at radius 2 is 2.15 bits per heavy atom. The highest BCUT2D eigenvalue weighted by molar-refractivity contribution is 7.13. The number of hydrogen-bond donors (Lipinski definition) is 3. The van der Waals surface area contributed by atoms with Crippen molar-refractivity contribution in [3.8, 4) is 0 Å². The van der Waals surface area contributed by atoms with Crippen molar-refractivity contribution in [1.29, 1.82) is 0 Å². The van der Waals surface area contributed by atoms with Crippen molar-refractivity contribution in [3.63, 3.8) is 0 Å². The highest BCUT2D eigenvalue weighted by Gasteiger charge is 2.16. The Balaban J connectivity index is 1.81. The first-order valence-electron chi connectivity index (χ1n) is 5.82. The summed E-state index contributed by atoms with van der Waals surface area (Å²) in [6.45, 7) is 0.0205. The Labute approximate surface area is 119 Å². The molecule has 2 amide bonds. The van der Waals surface area contributed by atoms with Crippen LogP contribution in [0.25, 0.3) is 0 Å². The Hall–Kier alpha value is -2.32. The van der Waals surface area contributed by atoms with Crippen LogP contribution in [-0.4, -0.2) is 34.4 Å². The molecule has 0 aliphatic carbocycles. The van der Waals surface area contributed by atoms with Crippen molar-refractivity contribution in [2.75, 3.05) is 11.9 Å². The van der Waals surface area contributed by atoms with Crippen molar-refractivity contribution in [1.82, 2.24) is 15.3 Å². The second-order valence-electron chi connectivity index (χ2n) is 3.86. The van der Waals surface area contributed by atoms with E-state index < -0.39 is 11.9 Å². The number of carbonyl (C=O) groups excluding carboxylic acids is 2. The number of carbonyl (C=O) groups is 2. The van der Waals surface area contributed by atoms with Crippen molar-refractivity contribution in [2.24, 2.45) is 5.73 Å². The molecule has 7 nitrogen and oxygen atoms in total. The van der Waals surface area contributed by atoms with E-state index in [0.717, 1.165) is 0 Å². The number of rotatable bonds is 5. The molecule has 8 heteroatoms. The zero-order chi connectivity index (χ0) is 14.4. The van der Waals surface area contributed by atoms with Gasteiger partial charge in [-0.05, 0) is 12.1 Å². The van der Waals surface area contributed by atoms with Gasteiger partial charge < -0.3 is 16.4 Å². The van der Waals surface area contributed by atoms with Gasteiger partial charge in [-0.1, -0.05) is 6.07 Å². The summed E-state index contributed by atoms with van der Waals surface area (Å²) in [5.41, 5.74) is 5.97. The predicted molar refractivity (Wildman–Crippen MR) is 75.3 cm³/mol. The fourth-order valence-electron chi connectivity index (χ4n) is 1.37. The second kappa shape index (κ2) is 6.73. The summed E-state index contributed by atoms with van der Waals surface area (Å²) in [5, 5.41) is 7.33. The largest absolute Gasteiger partial charge is 0.349 e. The number of hydrogen-bond acceptors (Lipinski definition) is 6. The summed E-state index contributed by atoms with van der Waals surface area (Å²) < 4.78 is 0. The smallest absolute Gasteiger partial charge is 0.269 e. The number of anilines is 1. The van der Waals surface area contributed by atoms with Crippen LogP contribution in [0.2, 0.25) is 0 Å². The lowest BCUT2D eigenvalue weighted by molar-refractivity contribution is -0.117. The molecule has 0 saturated carbocycles. The van der Waals surface area contributed by atoms with Gasteiger partial charge in [0.25, 0.3) is 5.91 Å². The Bertz CT molecular complexity index is 573. The van der Waals surface area contributed by atoms with Crippen molar-refractivity contribution in [3.05, 3.63) is 41.7 Å². The fourth-order valence-corrected chi connectivity index (χ4v) is 1.90. The minimum Gasteiger partial charge on any atom is -0.349 e. The molecule has 1 atom stereocenters. The lowest BCUT2D eigenvalue weighted by atomic mass is 10.2. The second-order valence-corrected chi connectivity index (χ2v) is 4.75. The van der Waals surface area contributed by atoms with Gasteiger partial charge in [0.1, 0.15) is 11.7 Å². The molecule has 0 aliphatic rings. The summed E-state index contributed by atoms with van der Waals surface area (Å²) in [5.74, 6) is -0.774. The SMILES string of the molecule is N[C@@H](CNC(=O)c1ccccn1)C(=O)Nc1nccs1. The van der Waals surface area contributed by atoms with Crippen LogP contribution in [0, 0.1) is 0 Å². The molecule has 0 aromatic carbocycles. The van der Waals surface area contributed by atoms with Crippen molar-refractivity contribution >= 4 is 28.3 Å². The maximum absolute atomic E-state index is 11.7. The first kappa shape index (κ1) is 14.1. The van der Waals surface area contributed by atoms with E-state index in [4.69, 9.17) is 5.73 Å². The molecular weight excluding hydrogens is 278 g/mol. The first-order chi connectivity index (χ1) is 9.66. The van der Waals surface area contributed by atoms with Crippen LogP contribution in [0.3, 0.4) is 0 Å². The minimum absolute atomic E-state index is 0.0205. The molecule has 0 saturated heterocycles. The summed E-state index contributed by atoms with van der Waals surface area (Å²) >= 11 is 1.29. The van der Waals surface area contributed by atoms with Gasteiger partial charge in [-0.3, -0.25) is 14.6 Å². The molecular formula is C12H13N5O2S. The van der Waals surface area contributed by atoms with E-state index in [1.54, 1.807) is 29.8 Å². The predicted octanol–water partition coefficient (Wildman–Crippen LogP) is 0.234. The van der Waals surface area contributed by atoms with Crippen LogP contribution in [0.1, 0.15) is 10.5 Å². The topological polar surface area (TPSA) is 110 Å². The molecule has 0 unspecified atom stereocenters. The van der Waals surface area contributed by atoms with E-state index in [-0.39, 0.29) is 18.1 Å². The molecule has 0 aliphatic heterocycles. The summed E-state index contributed by atoms with van der Waals surface area (Å²) in [4.78, 5) is 31.3. The number of nitrogens with zero attached hydrogens (tertiary/aromatic N) is 2. The molecule has 2 rings (SSSR count). The highest BCUT2D eigenvalue weighted by atomic mass is 32.1. The van der Waals surface area contributed by atoms with E-state index in [1.807, 2.05) is 0 Å². The van der Waals surface area contributed by atoms with Crippen LogP contribution in [-0.2, 0) is 4.79 Å². The maximum atomic E-state index is 11.7. The van der Waals surface area contributed by atoms with Crippen molar-refractivity contribution in [2.45, 2.75) is 6.04 Å². The number of thiazole rings is 1. The Kier molecular flexibility index (Phi) is 4.75. The van der Waals surface area contributed by atoms with Gasteiger partial charge >= 0.3 is 0 Å². The average Bonchev–Trinajstić information content (AvgIpc) is 2.98. The van der Waals surface area contributed by atoms with Gasteiger partial charge in [-0.2, -0.15) is 0 Å². The molecule has 20 heavy (non-hydrogen) atoms. The lowest BCUT2D eigenvalue weighted by Gasteiger charge is -2.11. The van der Waals surface area contributed by atoms with Gasteiger partial charge in [-0.25, -0.2) is 4.98 Å². The molecule has 0 radical (unpaired) electrons. The first-order valence-corrected chi connectivity index (χ1v) is 6.70. The summed E-state index contributed by atoms with van der Waals surface area (Å²) in [6.07, 6.45) is 3.10. The number of nitrogens with one attached hydrogen (secondary N) is 2. The fraction of sp³-hybridized carbons (Fsp3) is 0.167. The van der Waals surface area contributed by atoms with Gasteiger partial charge in [0.2, 0.25) is 5.91 Å². The maximum Gasteiger partial charge on any atom is 0.269 e. The summed E-state index contributed by atoms with van der Waals surface area (Å²) in [7, 11) is 0. The van der Waals surface area contributed by atoms with E-state index in [2.05, 4.69) is 20.6 Å². The number of pyridine rings is 1. The van der Waals surface area contributed by atoms with E-state index >= 15 is 0 Å². The number of nitrogens with two attached hydrogens (primary N) is 1. The van der Waals surface area contributed by atoms with Crippen LogP contribution in [0.15, 0.2) is 36.0 Å². The third-order valence-corrected chi connectivity index (χ3v) is 3.07. The third-order valence-electron chi connectivity index (χ3n) is 2.38. The molecule has 104 valence electrons. The van der Waals surface area contributed by atoms with Gasteiger partial charge in [0, 0.05) is 24.3 Å². The Morgan fingerprint density at radius 1 is 1.30 bits per heavy atom. The standard InChI is InChI=1S/C12H13N5O2S/c13-8(10(18)17-12-15-5-6-20-12)7-16-11(19)9-3-1-2-4-14-9/h1-6,8H,7,13H2,(H,16,19)(H,15,17,18)/t8-/m0/s1. The molecule has 0 spiro atoms. The molecule has 0 bridgehead atoms. The average molecular weight is 291 g/mol. The number of amides is 2. The zero-order valence-electron chi connectivity index (χ0n) is 10.4. The van der Waals surface area contributed by atoms with Crippen molar-refractivity contribution < 1.29 is 9.59 Å². The van der Waals surface area contributed by atoms with Crippen LogP contribution < -0.4 is 16.4 Å². The molecule has 2 aromatic heterocycles. The monoisotopic (exact) mass is 291 g/mol. The minimum atomic E-state index is -0.855. The highest BCUT2D eigenvalue weighted by Crippen LogP contribution is 2.09. The quantitative estimate of drug-likeness (QED) is 0.730. The number of aromatic nitrogens is 2. The van der Waals surface area contributed by atoms with Gasteiger partial charge in [0.15, 0.2) is 5.13 Å². The zero-order valence-corrected chi connectivity index (χ0v) is 11.3. The normalized spacial score (nSPS) is 11.7. The van der Waals surface area contributed by atoms with Gasteiger partial charge in [0.05, 0.1) is 0 Å². The molecule has 2 aromatic rings. The van der Waals surface area contributed by atoms with Crippen LogP contribution >= 0.6 is 11.3 Å². The lowest BCUT2D eigenvalue weighted by Crippen LogP contribution is -2.45. The van der Waals surface area contributed by atoms with E-state index in [1.165, 1.54) is 17.5 Å². The van der Waals surface area contributed by atoms with Crippen LogP contribution in [0.4, 0.5) is 5.13 Å². The van der Waals surface area contributed by atoms with E-state index in [9.17, 15) is 9.59 Å². The molecule has 0 fully saturated rings. The third kappa shape index (κ3) is 3.84. The molecule has 4 N–H and O–H groups in total.